The largest absolute Gasteiger partial charge is 0.394 e. The molecule has 7 atom stereocenters. The fraction of sp³-hybridized carbons (Fsp3) is 0.877. The van der Waals surface area contributed by atoms with Gasteiger partial charge in [0.25, 0.3) is 0 Å². The Kier molecular flexibility index (Phi) is 44.6. The number of unbranched alkanes of at least 4 members (excludes halogenated alkanes) is 34. The molecule has 1 aliphatic rings. The van der Waals surface area contributed by atoms with Gasteiger partial charge in [0.05, 0.1) is 25.4 Å². The van der Waals surface area contributed by atoms with Crippen molar-refractivity contribution in [2.45, 2.75) is 307 Å². The minimum absolute atomic E-state index is 0.186. The fourth-order valence-corrected chi connectivity index (χ4v) is 8.93. The van der Waals surface area contributed by atoms with E-state index in [1.807, 2.05) is 6.08 Å². The van der Waals surface area contributed by atoms with Crippen LogP contribution in [0.3, 0.4) is 0 Å². The molecule has 66 heavy (non-hydrogen) atoms. The summed E-state index contributed by atoms with van der Waals surface area (Å²) in [6.07, 6.45) is 53.5. The number of aliphatic hydroxyl groups excluding tert-OH is 5. The monoisotopic (exact) mass is 934 g/mol. The van der Waals surface area contributed by atoms with Gasteiger partial charge in [-0.1, -0.05) is 237 Å². The molecule has 0 aromatic carbocycles. The Labute approximate surface area is 406 Å². The molecular formula is C57H107NO8. The highest BCUT2D eigenvalue weighted by Gasteiger charge is 2.44. The summed E-state index contributed by atoms with van der Waals surface area (Å²) in [5.41, 5.74) is 0. The van der Waals surface area contributed by atoms with Crippen LogP contribution < -0.4 is 5.32 Å². The number of nitrogens with one attached hydrogen (secondary N) is 1. The zero-order chi connectivity index (χ0) is 48.0. The van der Waals surface area contributed by atoms with E-state index in [4.69, 9.17) is 9.47 Å². The van der Waals surface area contributed by atoms with E-state index in [1.165, 1.54) is 205 Å². The van der Waals surface area contributed by atoms with Crippen LogP contribution in [-0.4, -0.2) is 87.5 Å². The molecule has 1 heterocycles. The maximum absolute atomic E-state index is 13.0. The number of carbonyl (C=O) groups excluding carboxylic acids is 1. The van der Waals surface area contributed by atoms with Crippen LogP contribution in [0.2, 0.25) is 0 Å². The second kappa shape index (κ2) is 47.1. The van der Waals surface area contributed by atoms with E-state index in [1.54, 1.807) is 6.08 Å². The number of ether oxygens (including phenoxy) is 2. The van der Waals surface area contributed by atoms with Gasteiger partial charge >= 0.3 is 0 Å². The van der Waals surface area contributed by atoms with E-state index in [2.05, 4.69) is 43.5 Å². The van der Waals surface area contributed by atoms with Gasteiger partial charge < -0.3 is 40.3 Å². The van der Waals surface area contributed by atoms with Crippen LogP contribution in [0.5, 0.6) is 0 Å². The molecule has 0 aromatic heterocycles. The third-order valence-corrected chi connectivity index (χ3v) is 13.4. The summed E-state index contributed by atoms with van der Waals surface area (Å²) in [4.78, 5) is 13.0. The topological polar surface area (TPSA) is 149 Å². The predicted molar refractivity (Wildman–Crippen MR) is 276 cm³/mol. The van der Waals surface area contributed by atoms with Crippen molar-refractivity contribution in [1.82, 2.24) is 5.32 Å². The first-order chi connectivity index (χ1) is 32.3. The van der Waals surface area contributed by atoms with Crippen LogP contribution in [-0.2, 0) is 14.3 Å². The zero-order valence-electron chi connectivity index (χ0n) is 43.0. The lowest BCUT2D eigenvalue weighted by atomic mass is 9.99. The molecule has 0 saturated carbocycles. The predicted octanol–water partition coefficient (Wildman–Crippen LogP) is 13.6. The molecule has 0 aliphatic carbocycles. The summed E-state index contributed by atoms with van der Waals surface area (Å²) in [5.74, 6) is -0.186. The quantitative estimate of drug-likeness (QED) is 0.0261. The van der Waals surface area contributed by atoms with E-state index in [0.717, 1.165) is 38.5 Å². The molecule has 0 aromatic rings. The molecule has 9 nitrogen and oxygen atoms in total. The smallest absolute Gasteiger partial charge is 0.220 e. The van der Waals surface area contributed by atoms with E-state index in [-0.39, 0.29) is 12.5 Å². The Bertz CT molecular complexity index is 1130. The molecule has 1 amide bonds. The van der Waals surface area contributed by atoms with Gasteiger partial charge in [-0.25, -0.2) is 0 Å². The van der Waals surface area contributed by atoms with Crippen molar-refractivity contribution in [3.8, 4) is 0 Å². The molecular weight excluding hydrogens is 827 g/mol. The van der Waals surface area contributed by atoms with Gasteiger partial charge in [-0.2, -0.15) is 0 Å². The summed E-state index contributed by atoms with van der Waals surface area (Å²) < 4.78 is 11.2. The average Bonchev–Trinajstić information content (AvgIpc) is 3.32. The van der Waals surface area contributed by atoms with Crippen molar-refractivity contribution in [3.05, 3.63) is 36.5 Å². The third-order valence-electron chi connectivity index (χ3n) is 13.4. The fourth-order valence-electron chi connectivity index (χ4n) is 8.93. The normalized spacial score (nSPS) is 20.0. The van der Waals surface area contributed by atoms with Crippen LogP contribution in [0.25, 0.3) is 0 Å². The molecule has 1 fully saturated rings. The standard InChI is InChI=1S/C57H107NO8/c1-3-5-7-9-11-13-15-17-19-21-22-23-24-25-26-27-28-29-31-33-35-37-39-41-43-45-47-53(61)58-50(49-65-57-56(64)55(63)54(62)52(48-59)66-57)51(60)46-44-42-40-38-36-34-32-30-20-18-16-14-12-10-8-6-4-2/h25-26,36,38,44,46,50-52,54-57,59-60,62-64H,3-24,27-35,37,39-43,45,47-49H2,1-2H3,(H,58,61)/b26-25-,38-36+,46-44+. The van der Waals surface area contributed by atoms with Gasteiger partial charge in [0.15, 0.2) is 6.29 Å². The van der Waals surface area contributed by atoms with Gasteiger partial charge in [-0.15, -0.1) is 0 Å². The lowest BCUT2D eigenvalue weighted by Crippen LogP contribution is -2.60. The van der Waals surface area contributed by atoms with Crippen molar-refractivity contribution in [3.63, 3.8) is 0 Å². The molecule has 1 aliphatic heterocycles. The van der Waals surface area contributed by atoms with Crippen LogP contribution in [0.1, 0.15) is 264 Å². The number of rotatable bonds is 48. The van der Waals surface area contributed by atoms with E-state index in [9.17, 15) is 30.3 Å². The van der Waals surface area contributed by atoms with Crippen LogP contribution in [0.15, 0.2) is 36.5 Å². The van der Waals surface area contributed by atoms with E-state index in [0.29, 0.717) is 6.42 Å². The van der Waals surface area contributed by atoms with Gasteiger partial charge in [0.2, 0.25) is 5.91 Å². The molecule has 7 unspecified atom stereocenters. The maximum Gasteiger partial charge on any atom is 0.220 e. The van der Waals surface area contributed by atoms with Gasteiger partial charge in [-0.3, -0.25) is 4.79 Å². The Hall–Kier alpha value is -1.59. The number of carbonyl (C=O) groups is 1. The van der Waals surface area contributed by atoms with Crippen molar-refractivity contribution in [2.24, 2.45) is 0 Å². The highest BCUT2D eigenvalue weighted by molar-refractivity contribution is 5.76. The zero-order valence-corrected chi connectivity index (χ0v) is 43.0. The van der Waals surface area contributed by atoms with E-state index < -0.39 is 49.5 Å². The number of aliphatic hydroxyl groups is 5. The van der Waals surface area contributed by atoms with Crippen molar-refractivity contribution in [1.29, 1.82) is 0 Å². The summed E-state index contributed by atoms with van der Waals surface area (Å²) in [6.45, 7) is 3.78. The van der Waals surface area contributed by atoms with Gasteiger partial charge in [0.1, 0.15) is 24.4 Å². The number of allylic oxidation sites excluding steroid dienone is 5. The maximum atomic E-state index is 13.0. The summed E-state index contributed by atoms with van der Waals surface area (Å²) in [6, 6.07) is -0.821. The Morgan fingerprint density at radius 1 is 0.500 bits per heavy atom. The third kappa shape index (κ3) is 36.4. The van der Waals surface area contributed by atoms with Crippen LogP contribution in [0, 0.1) is 0 Å². The number of hydrogen-bond donors (Lipinski definition) is 6. The number of hydrogen-bond acceptors (Lipinski definition) is 8. The summed E-state index contributed by atoms with van der Waals surface area (Å²) >= 11 is 0. The first kappa shape index (κ1) is 62.4. The highest BCUT2D eigenvalue weighted by Crippen LogP contribution is 2.23. The highest BCUT2D eigenvalue weighted by atomic mass is 16.7. The average molecular weight is 934 g/mol. The first-order valence-corrected chi connectivity index (χ1v) is 28.2. The van der Waals surface area contributed by atoms with Crippen molar-refractivity contribution >= 4 is 5.91 Å². The number of amides is 1. The Morgan fingerprint density at radius 3 is 1.27 bits per heavy atom. The molecule has 0 bridgehead atoms. The minimum atomic E-state index is -1.57. The van der Waals surface area contributed by atoms with Gasteiger partial charge in [0, 0.05) is 6.42 Å². The summed E-state index contributed by atoms with van der Waals surface area (Å²) in [7, 11) is 0. The Balaban J connectivity index is 2.23. The molecule has 9 heteroatoms. The lowest BCUT2D eigenvalue weighted by molar-refractivity contribution is -0.302. The van der Waals surface area contributed by atoms with E-state index >= 15 is 0 Å². The van der Waals surface area contributed by atoms with Crippen molar-refractivity contribution < 1.29 is 39.8 Å². The molecule has 0 radical (unpaired) electrons. The lowest BCUT2D eigenvalue weighted by Gasteiger charge is -2.40. The molecule has 1 saturated heterocycles. The molecule has 1 rings (SSSR count). The second-order valence-electron chi connectivity index (χ2n) is 19.7. The first-order valence-electron chi connectivity index (χ1n) is 28.2. The minimum Gasteiger partial charge on any atom is -0.394 e. The second-order valence-corrected chi connectivity index (χ2v) is 19.7. The molecule has 0 spiro atoms. The van der Waals surface area contributed by atoms with Crippen LogP contribution in [0.4, 0.5) is 0 Å². The summed E-state index contributed by atoms with van der Waals surface area (Å²) in [5, 5.41) is 54.4. The molecule has 388 valence electrons. The van der Waals surface area contributed by atoms with Crippen LogP contribution >= 0.6 is 0 Å². The van der Waals surface area contributed by atoms with Crippen molar-refractivity contribution in [2.75, 3.05) is 13.2 Å². The SMILES string of the molecule is CCCCCCCCCCCCC/C=C/CC/C=C/C(O)C(COC1OC(CO)C(O)C(O)C1O)NC(=O)CCCCCCCCCCCC/C=C\CCCCCCCCCCCCCC. The molecule has 6 N–H and O–H groups in total. The Morgan fingerprint density at radius 2 is 0.864 bits per heavy atom. The van der Waals surface area contributed by atoms with Gasteiger partial charge in [-0.05, 0) is 57.8 Å².